The number of hydrogen-bond donors (Lipinski definition) is 1. The minimum Gasteiger partial charge on any atom is -0.507 e. The smallest absolute Gasteiger partial charge is 0.282 e. The van der Waals surface area contributed by atoms with Crippen molar-refractivity contribution in [3.63, 3.8) is 0 Å². The molecule has 0 amide bonds. The molecule has 0 saturated heterocycles. The zero-order valence-electron chi connectivity index (χ0n) is 16.5. The number of ether oxygens (including phenoxy) is 2. The quantitative estimate of drug-likeness (QED) is 0.454. The number of phenols is 1. The van der Waals surface area contributed by atoms with Gasteiger partial charge in [0.05, 0.1) is 31.3 Å². The molecule has 0 aliphatic rings. The van der Waals surface area contributed by atoms with Crippen LogP contribution in [0.1, 0.15) is 11.4 Å². The number of benzene rings is 3. The molecule has 30 heavy (non-hydrogen) atoms. The number of halogens is 1. The number of rotatable bonds is 4. The summed E-state index contributed by atoms with van der Waals surface area (Å²) in [4.78, 5) is 17.5. The third-order valence-corrected chi connectivity index (χ3v) is 5.48. The number of aryl methyl sites for hydroxylation is 1. The molecule has 0 bridgehead atoms. The summed E-state index contributed by atoms with van der Waals surface area (Å²) in [5, 5.41) is 16.9. The Kier molecular flexibility index (Phi) is 5.17. The predicted octanol–water partition coefficient (Wildman–Crippen LogP) is 4.23. The summed E-state index contributed by atoms with van der Waals surface area (Å²) in [5.41, 5.74) is 0.603. The van der Waals surface area contributed by atoms with Crippen molar-refractivity contribution < 1.29 is 14.6 Å². The van der Waals surface area contributed by atoms with E-state index in [0.717, 1.165) is 9.86 Å². The average molecular weight is 468 g/mol. The van der Waals surface area contributed by atoms with Crippen LogP contribution < -0.4 is 15.0 Å². The van der Waals surface area contributed by atoms with Crippen molar-refractivity contribution in [3.8, 4) is 17.2 Å². The Morgan fingerprint density at radius 2 is 1.73 bits per heavy atom. The fourth-order valence-corrected chi connectivity index (χ4v) is 3.90. The first-order valence-corrected chi connectivity index (χ1v) is 9.84. The molecular formula is C22H18BrN3O4. The summed E-state index contributed by atoms with van der Waals surface area (Å²) in [5.74, 6) is 1.40. The lowest BCUT2D eigenvalue weighted by atomic mass is 10.1. The van der Waals surface area contributed by atoms with Gasteiger partial charge in [-0.05, 0) is 24.4 Å². The average Bonchev–Trinajstić information content (AvgIpc) is 2.76. The maximum absolute atomic E-state index is 13.0. The Morgan fingerprint density at radius 3 is 2.43 bits per heavy atom. The molecule has 0 fully saturated rings. The molecule has 1 heterocycles. The van der Waals surface area contributed by atoms with E-state index in [9.17, 15) is 9.90 Å². The van der Waals surface area contributed by atoms with Crippen molar-refractivity contribution in [3.05, 3.63) is 68.7 Å². The number of hydrogen-bond acceptors (Lipinski definition) is 6. The molecule has 0 radical (unpaired) electrons. The van der Waals surface area contributed by atoms with Gasteiger partial charge in [0.15, 0.2) is 11.5 Å². The van der Waals surface area contributed by atoms with E-state index in [-0.39, 0.29) is 11.3 Å². The van der Waals surface area contributed by atoms with Crippen molar-refractivity contribution in [2.45, 2.75) is 6.92 Å². The van der Waals surface area contributed by atoms with Crippen LogP contribution in [0, 0.1) is 6.92 Å². The second kappa shape index (κ2) is 7.79. The van der Waals surface area contributed by atoms with Gasteiger partial charge in [-0.1, -0.05) is 40.2 Å². The molecule has 1 aromatic heterocycles. The topological polar surface area (TPSA) is 85.9 Å². The third kappa shape index (κ3) is 3.29. The van der Waals surface area contributed by atoms with Crippen molar-refractivity contribution in [1.82, 2.24) is 9.66 Å². The largest absolute Gasteiger partial charge is 0.507 e. The first-order chi connectivity index (χ1) is 14.4. The lowest BCUT2D eigenvalue weighted by Crippen LogP contribution is -2.20. The lowest BCUT2D eigenvalue weighted by molar-refractivity contribution is 0.355. The van der Waals surface area contributed by atoms with Crippen molar-refractivity contribution >= 4 is 43.8 Å². The molecule has 0 aliphatic heterocycles. The first kappa shape index (κ1) is 19.9. The minimum atomic E-state index is -0.353. The van der Waals surface area contributed by atoms with Crippen LogP contribution in [0.2, 0.25) is 0 Å². The zero-order chi connectivity index (χ0) is 21.4. The number of aromatic nitrogens is 2. The Balaban J connectivity index is 1.86. The Labute approximate surface area is 180 Å². The highest BCUT2D eigenvalue weighted by Gasteiger charge is 2.14. The fourth-order valence-electron chi connectivity index (χ4n) is 3.31. The molecule has 3 aromatic carbocycles. The van der Waals surface area contributed by atoms with E-state index in [1.807, 2.05) is 24.3 Å². The molecule has 0 unspecified atom stereocenters. The Bertz CT molecular complexity index is 1380. The molecule has 8 heteroatoms. The van der Waals surface area contributed by atoms with Gasteiger partial charge in [0.2, 0.25) is 0 Å². The summed E-state index contributed by atoms with van der Waals surface area (Å²) in [6, 6.07) is 12.5. The van der Waals surface area contributed by atoms with Crippen LogP contribution in [0.25, 0.3) is 21.7 Å². The molecule has 1 N–H and O–H groups in total. The minimum absolute atomic E-state index is 0.0865. The second-order valence-corrected chi connectivity index (χ2v) is 7.44. The molecule has 152 valence electrons. The van der Waals surface area contributed by atoms with E-state index in [1.165, 1.54) is 25.1 Å². The normalized spacial score (nSPS) is 11.5. The van der Waals surface area contributed by atoms with Crippen LogP contribution >= 0.6 is 15.9 Å². The van der Waals surface area contributed by atoms with Gasteiger partial charge in [-0.15, -0.1) is 0 Å². The Hall–Kier alpha value is -3.39. The first-order valence-electron chi connectivity index (χ1n) is 9.04. The molecule has 0 aliphatic carbocycles. The van der Waals surface area contributed by atoms with Crippen LogP contribution in [-0.4, -0.2) is 35.2 Å². The standard InChI is InChI=1S/C22H18BrN3O4/c1-12-25-18-10-20(30-3)19(29-2)9-16(18)22(28)26(12)24-11-13-8-17(23)14-6-4-5-7-15(14)21(13)27/h4-11,27H,1-3H3/b24-11+. The van der Waals surface area contributed by atoms with Gasteiger partial charge in [0, 0.05) is 21.5 Å². The van der Waals surface area contributed by atoms with Crippen LogP contribution in [0.3, 0.4) is 0 Å². The molecule has 0 saturated carbocycles. The molecule has 0 atom stereocenters. The third-order valence-electron chi connectivity index (χ3n) is 4.82. The van der Waals surface area contributed by atoms with Crippen LogP contribution in [0.15, 0.2) is 56.8 Å². The lowest BCUT2D eigenvalue weighted by Gasteiger charge is -2.11. The SMILES string of the molecule is COc1cc2nc(C)n(/N=C/c3cc(Br)c4ccccc4c3O)c(=O)c2cc1OC. The van der Waals surface area contributed by atoms with E-state index >= 15 is 0 Å². The summed E-state index contributed by atoms with van der Waals surface area (Å²) in [7, 11) is 3.03. The van der Waals surface area contributed by atoms with Crippen LogP contribution in [-0.2, 0) is 0 Å². The summed E-state index contributed by atoms with van der Waals surface area (Å²) >= 11 is 3.52. The number of nitrogens with zero attached hydrogens (tertiary/aromatic N) is 3. The van der Waals surface area contributed by atoms with Gasteiger partial charge in [-0.3, -0.25) is 4.79 Å². The highest BCUT2D eigenvalue weighted by molar-refractivity contribution is 9.10. The van der Waals surface area contributed by atoms with E-state index < -0.39 is 0 Å². The number of methoxy groups -OCH3 is 2. The maximum Gasteiger partial charge on any atom is 0.282 e. The highest BCUT2D eigenvalue weighted by atomic mass is 79.9. The molecule has 4 aromatic rings. The maximum atomic E-state index is 13.0. The second-order valence-electron chi connectivity index (χ2n) is 6.59. The summed E-state index contributed by atoms with van der Waals surface area (Å²) in [6.07, 6.45) is 1.44. The van der Waals surface area contributed by atoms with Crippen molar-refractivity contribution in [2.75, 3.05) is 14.2 Å². The van der Waals surface area contributed by atoms with E-state index in [4.69, 9.17) is 9.47 Å². The highest BCUT2D eigenvalue weighted by Crippen LogP contribution is 2.34. The molecular weight excluding hydrogens is 450 g/mol. The van der Waals surface area contributed by atoms with Gasteiger partial charge in [0.25, 0.3) is 5.56 Å². The zero-order valence-corrected chi connectivity index (χ0v) is 18.1. The van der Waals surface area contributed by atoms with Gasteiger partial charge in [0.1, 0.15) is 11.6 Å². The molecule has 4 rings (SSSR count). The monoisotopic (exact) mass is 467 g/mol. The van der Waals surface area contributed by atoms with Crippen LogP contribution in [0.4, 0.5) is 0 Å². The van der Waals surface area contributed by atoms with Crippen LogP contribution in [0.5, 0.6) is 17.2 Å². The number of aromatic hydroxyl groups is 1. The van der Waals surface area contributed by atoms with Gasteiger partial charge in [-0.2, -0.15) is 9.78 Å². The summed E-state index contributed by atoms with van der Waals surface area (Å²) < 4.78 is 12.6. The Morgan fingerprint density at radius 1 is 1.07 bits per heavy atom. The molecule has 7 nitrogen and oxygen atoms in total. The fraction of sp³-hybridized carbons (Fsp3) is 0.136. The number of fused-ring (bicyclic) bond motifs is 2. The van der Waals surface area contributed by atoms with Gasteiger partial charge >= 0.3 is 0 Å². The van der Waals surface area contributed by atoms with Gasteiger partial charge < -0.3 is 14.6 Å². The number of phenolic OH excluding ortho intramolecular Hbond substituents is 1. The van der Waals surface area contributed by atoms with E-state index in [1.54, 1.807) is 25.1 Å². The van der Waals surface area contributed by atoms with E-state index in [0.29, 0.717) is 39.2 Å². The van der Waals surface area contributed by atoms with Crippen molar-refractivity contribution in [2.24, 2.45) is 5.10 Å². The predicted molar refractivity (Wildman–Crippen MR) is 120 cm³/mol. The van der Waals surface area contributed by atoms with E-state index in [2.05, 4.69) is 26.0 Å². The van der Waals surface area contributed by atoms with Crippen molar-refractivity contribution in [1.29, 1.82) is 0 Å². The molecule has 0 spiro atoms. The summed E-state index contributed by atoms with van der Waals surface area (Å²) in [6.45, 7) is 1.69. The van der Waals surface area contributed by atoms with Gasteiger partial charge in [-0.25, -0.2) is 4.98 Å².